The number of carbonyl (C=O) groups is 1. The highest BCUT2D eigenvalue weighted by Gasteiger charge is 2.20. The third-order valence-corrected chi connectivity index (χ3v) is 3.42. The molecule has 2 aromatic carbocycles. The summed E-state index contributed by atoms with van der Waals surface area (Å²) in [6.45, 7) is 3.46. The van der Waals surface area contributed by atoms with Crippen LogP contribution in [-0.2, 0) is 0 Å². The number of hydrogen-bond acceptors (Lipinski definition) is 3. The summed E-state index contributed by atoms with van der Waals surface area (Å²) in [7, 11) is 0. The molecule has 0 N–H and O–H groups in total. The van der Waals surface area contributed by atoms with E-state index in [4.69, 9.17) is 0 Å². The molecule has 5 nitrogen and oxygen atoms in total. The Morgan fingerprint density at radius 2 is 1.87 bits per heavy atom. The Morgan fingerprint density at radius 1 is 1.17 bits per heavy atom. The fourth-order valence-electron chi connectivity index (χ4n) is 2.25. The van der Waals surface area contributed by atoms with E-state index in [-0.39, 0.29) is 23.5 Å². The molecule has 0 spiro atoms. The second-order valence-corrected chi connectivity index (χ2v) is 4.91. The first kappa shape index (κ1) is 16.5. The van der Waals surface area contributed by atoms with Gasteiger partial charge in [-0.1, -0.05) is 0 Å². The van der Waals surface area contributed by atoms with Crippen molar-refractivity contribution in [3.8, 4) is 0 Å². The molecule has 0 atom stereocenters. The van der Waals surface area contributed by atoms with Gasteiger partial charge in [-0.15, -0.1) is 0 Å². The standard InChI is InChI=1S/C16H14F2N2O3/c1-3-19(12-5-6-13(17)14(18)9-12)16(21)11-4-7-15(20(22)23)10(2)8-11/h4-9H,3H2,1-2H3. The SMILES string of the molecule is CCN(C(=O)c1ccc([N+](=O)[O-])c(C)c1)c1ccc(F)c(F)c1. The lowest BCUT2D eigenvalue weighted by Gasteiger charge is -2.21. The molecule has 0 saturated carbocycles. The topological polar surface area (TPSA) is 63.5 Å². The van der Waals surface area contributed by atoms with Crippen LogP contribution in [0.25, 0.3) is 0 Å². The van der Waals surface area contributed by atoms with Gasteiger partial charge in [0.2, 0.25) is 0 Å². The van der Waals surface area contributed by atoms with Crippen molar-refractivity contribution < 1.29 is 18.5 Å². The highest BCUT2D eigenvalue weighted by molar-refractivity contribution is 6.06. The van der Waals surface area contributed by atoms with Gasteiger partial charge in [0.05, 0.1) is 4.92 Å². The van der Waals surface area contributed by atoms with Crippen molar-refractivity contribution >= 4 is 17.3 Å². The van der Waals surface area contributed by atoms with Crippen molar-refractivity contribution in [1.82, 2.24) is 0 Å². The average Bonchev–Trinajstić information content (AvgIpc) is 2.50. The predicted molar refractivity (Wildman–Crippen MR) is 81.5 cm³/mol. The summed E-state index contributed by atoms with van der Waals surface area (Å²) < 4.78 is 26.4. The summed E-state index contributed by atoms with van der Waals surface area (Å²) in [5, 5.41) is 10.8. The molecule has 1 amide bonds. The molecule has 0 heterocycles. The molecule has 2 rings (SSSR count). The number of nitrogens with zero attached hydrogens (tertiary/aromatic N) is 2. The van der Waals surface area contributed by atoms with Crippen molar-refractivity contribution in [3.05, 3.63) is 69.3 Å². The lowest BCUT2D eigenvalue weighted by atomic mass is 10.1. The number of nitro groups is 1. The van der Waals surface area contributed by atoms with E-state index in [1.54, 1.807) is 6.92 Å². The van der Waals surface area contributed by atoms with E-state index in [0.717, 1.165) is 12.1 Å². The van der Waals surface area contributed by atoms with Crippen LogP contribution in [0, 0.1) is 28.7 Å². The monoisotopic (exact) mass is 320 g/mol. The van der Waals surface area contributed by atoms with Crippen LogP contribution in [0.2, 0.25) is 0 Å². The first-order valence-electron chi connectivity index (χ1n) is 6.87. The Balaban J connectivity index is 2.38. The lowest BCUT2D eigenvalue weighted by Crippen LogP contribution is -2.30. The molecular weight excluding hydrogens is 306 g/mol. The summed E-state index contributed by atoms with van der Waals surface area (Å²) in [6.07, 6.45) is 0. The lowest BCUT2D eigenvalue weighted by molar-refractivity contribution is -0.385. The summed E-state index contributed by atoms with van der Waals surface area (Å²) in [5.74, 6) is -2.49. The normalized spacial score (nSPS) is 10.4. The van der Waals surface area contributed by atoms with Crippen LogP contribution < -0.4 is 4.90 Å². The molecule has 0 bridgehead atoms. The zero-order valence-corrected chi connectivity index (χ0v) is 12.5. The Bertz CT molecular complexity index is 778. The van der Waals surface area contributed by atoms with Crippen molar-refractivity contribution in [3.63, 3.8) is 0 Å². The van der Waals surface area contributed by atoms with Crippen molar-refractivity contribution in [1.29, 1.82) is 0 Å². The van der Waals surface area contributed by atoms with Crippen molar-refractivity contribution in [2.45, 2.75) is 13.8 Å². The summed E-state index contributed by atoms with van der Waals surface area (Å²) >= 11 is 0. The summed E-state index contributed by atoms with van der Waals surface area (Å²) in [4.78, 5) is 24.1. The van der Waals surface area contributed by atoms with Gasteiger partial charge in [0.1, 0.15) is 0 Å². The smallest absolute Gasteiger partial charge is 0.272 e. The summed E-state index contributed by atoms with van der Waals surface area (Å²) in [6, 6.07) is 7.19. The maximum absolute atomic E-state index is 13.4. The van der Waals surface area contributed by atoms with Gasteiger partial charge in [0, 0.05) is 35.5 Å². The van der Waals surface area contributed by atoms with Gasteiger partial charge in [0.25, 0.3) is 11.6 Å². The van der Waals surface area contributed by atoms with E-state index in [2.05, 4.69) is 0 Å². The molecule has 0 radical (unpaired) electrons. The zero-order valence-electron chi connectivity index (χ0n) is 12.5. The van der Waals surface area contributed by atoms with E-state index in [9.17, 15) is 23.7 Å². The van der Waals surface area contributed by atoms with Crippen LogP contribution in [0.5, 0.6) is 0 Å². The van der Waals surface area contributed by atoms with Gasteiger partial charge in [-0.25, -0.2) is 8.78 Å². The van der Waals surface area contributed by atoms with Crippen LogP contribution in [0.3, 0.4) is 0 Å². The number of halogens is 2. The molecular formula is C16H14F2N2O3. The second kappa shape index (κ2) is 6.51. The zero-order chi connectivity index (χ0) is 17.1. The van der Waals surface area contributed by atoms with Crippen LogP contribution in [0.15, 0.2) is 36.4 Å². The average molecular weight is 320 g/mol. The molecule has 0 aliphatic rings. The quantitative estimate of drug-likeness (QED) is 0.635. The Labute approximate surface area is 131 Å². The molecule has 0 aromatic heterocycles. The Hall–Kier alpha value is -2.83. The van der Waals surface area contributed by atoms with Crippen molar-refractivity contribution in [2.75, 3.05) is 11.4 Å². The van der Waals surface area contributed by atoms with Crippen LogP contribution in [0.4, 0.5) is 20.2 Å². The number of nitro benzene ring substituents is 1. The molecule has 0 aliphatic carbocycles. The highest BCUT2D eigenvalue weighted by Crippen LogP contribution is 2.23. The number of aryl methyl sites for hydroxylation is 1. The number of amides is 1. The van der Waals surface area contributed by atoms with E-state index in [0.29, 0.717) is 5.56 Å². The van der Waals surface area contributed by atoms with Crippen LogP contribution in [0.1, 0.15) is 22.8 Å². The third kappa shape index (κ3) is 3.33. The highest BCUT2D eigenvalue weighted by atomic mass is 19.2. The first-order chi connectivity index (χ1) is 10.8. The molecule has 0 fully saturated rings. The Kier molecular flexibility index (Phi) is 4.68. The third-order valence-electron chi connectivity index (χ3n) is 3.42. The molecule has 0 saturated heterocycles. The minimum Gasteiger partial charge on any atom is -0.309 e. The fraction of sp³-hybridized carbons (Fsp3) is 0.188. The molecule has 23 heavy (non-hydrogen) atoms. The maximum Gasteiger partial charge on any atom is 0.272 e. The van der Waals surface area contributed by atoms with Crippen LogP contribution in [-0.4, -0.2) is 17.4 Å². The molecule has 0 unspecified atom stereocenters. The Morgan fingerprint density at radius 3 is 2.39 bits per heavy atom. The second-order valence-electron chi connectivity index (χ2n) is 4.91. The predicted octanol–water partition coefficient (Wildman–Crippen LogP) is 3.85. The minimum absolute atomic E-state index is 0.0857. The van der Waals surface area contributed by atoms with Gasteiger partial charge in [-0.2, -0.15) is 0 Å². The van der Waals surface area contributed by atoms with Gasteiger partial charge in [-0.05, 0) is 38.1 Å². The van der Waals surface area contributed by atoms with Gasteiger partial charge < -0.3 is 4.90 Å². The fourth-order valence-corrected chi connectivity index (χ4v) is 2.25. The van der Waals surface area contributed by atoms with E-state index in [1.807, 2.05) is 0 Å². The number of rotatable bonds is 4. The van der Waals surface area contributed by atoms with Gasteiger partial charge >= 0.3 is 0 Å². The number of hydrogen-bond donors (Lipinski definition) is 0. The molecule has 120 valence electrons. The van der Waals surface area contributed by atoms with Crippen LogP contribution >= 0.6 is 0 Å². The number of benzene rings is 2. The first-order valence-corrected chi connectivity index (χ1v) is 6.87. The summed E-state index contributed by atoms with van der Waals surface area (Å²) in [5.41, 5.74) is 0.715. The maximum atomic E-state index is 13.4. The minimum atomic E-state index is -1.05. The van der Waals surface area contributed by atoms with Gasteiger partial charge in [-0.3, -0.25) is 14.9 Å². The largest absolute Gasteiger partial charge is 0.309 e. The van der Waals surface area contributed by atoms with Gasteiger partial charge in [0.15, 0.2) is 11.6 Å². The molecule has 7 heteroatoms. The van der Waals surface area contributed by atoms with Crippen molar-refractivity contribution in [2.24, 2.45) is 0 Å². The molecule has 0 aliphatic heterocycles. The number of carbonyl (C=O) groups excluding carboxylic acids is 1. The van der Waals surface area contributed by atoms with E-state index < -0.39 is 22.5 Å². The number of anilines is 1. The molecule has 2 aromatic rings. The van der Waals surface area contributed by atoms with E-state index in [1.165, 1.54) is 36.1 Å². The van der Waals surface area contributed by atoms with E-state index >= 15 is 0 Å².